The zero-order chi connectivity index (χ0) is 11.5. The number of methoxy groups -OCH3 is 3. The molecule has 0 radical (unpaired) electrons. The number of aliphatic hydroxyl groups excluding tert-OH is 1. The van der Waals surface area contributed by atoms with Crippen LogP contribution in [0.15, 0.2) is 0 Å². The third-order valence-corrected chi connectivity index (χ3v) is 2.05. The highest BCUT2D eigenvalue weighted by Crippen LogP contribution is 1.94. The fourth-order valence-corrected chi connectivity index (χ4v) is 1.28. The Labute approximate surface area is 91.9 Å². The molecule has 0 aliphatic carbocycles. The van der Waals surface area contributed by atoms with Gasteiger partial charge in [-0.25, -0.2) is 0 Å². The summed E-state index contributed by atoms with van der Waals surface area (Å²) in [5.74, 6) is 0. The van der Waals surface area contributed by atoms with E-state index in [9.17, 15) is 5.11 Å². The van der Waals surface area contributed by atoms with Crippen LogP contribution in [-0.2, 0) is 14.2 Å². The topological polar surface area (TPSA) is 51.2 Å². The molecule has 92 valence electrons. The summed E-state index contributed by atoms with van der Waals surface area (Å²) in [7, 11) is 4.91. The predicted octanol–water partition coefficient (Wildman–Crippen LogP) is -0.411. The summed E-state index contributed by atoms with van der Waals surface area (Å²) in [4.78, 5) is 2.09. The lowest BCUT2D eigenvalue weighted by Gasteiger charge is -2.24. The van der Waals surface area contributed by atoms with Crippen LogP contribution >= 0.6 is 0 Å². The fourth-order valence-electron chi connectivity index (χ4n) is 1.28. The van der Waals surface area contributed by atoms with Gasteiger partial charge in [0.25, 0.3) is 0 Å². The van der Waals surface area contributed by atoms with Crippen molar-refractivity contribution in [2.45, 2.75) is 6.10 Å². The first kappa shape index (κ1) is 14.8. The monoisotopic (exact) mass is 221 g/mol. The first-order valence-electron chi connectivity index (χ1n) is 5.11. The minimum absolute atomic E-state index is 0.358. The van der Waals surface area contributed by atoms with E-state index in [1.165, 1.54) is 0 Å². The molecule has 0 aromatic carbocycles. The Balaban J connectivity index is 3.76. The van der Waals surface area contributed by atoms with Gasteiger partial charge in [-0.3, -0.25) is 4.90 Å². The average molecular weight is 221 g/mol. The molecule has 5 nitrogen and oxygen atoms in total. The molecule has 1 unspecified atom stereocenters. The molecule has 0 spiro atoms. The molecule has 0 amide bonds. The van der Waals surface area contributed by atoms with Crippen LogP contribution in [0.1, 0.15) is 0 Å². The smallest absolute Gasteiger partial charge is 0.0900 e. The molecule has 0 heterocycles. The van der Waals surface area contributed by atoms with Gasteiger partial charge in [0.05, 0.1) is 25.9 Å². The molecule has 5 heteroatoms. The van der Waals surface area contributed by atoms with Gasteiger partial charge >= 0.3 is 0 Å². The number of hydrogen-bond donors (Lipinski definition) is 1. The van der Waals surface area contributed by atoms with E-state index in [-0.39, 0.29) is 0 Å². The van der Waals surface area contributed by atoms with Crippen LogP contribution in [0, 0.1) is 0 Å². The molecular formula is C10H23NO4. The Bertz CT molecular complexity index is 127. The van der Waals surface area contributed by atoms with Gasteiger partial charge in [-0.2, -0.15) is 0 Å². The zero-order valence-electron chi connectivity index (χ0n) is 9.94. The van der Waals surface area contributed by atoms with Gasteiger partial charge in [0.1, 0.15) is 0 Å². The summed E-state index contributed by atoms with van der Waals surface area (Å²) < 4.78 is 14.9. The normalized spacial score (nSPS) is 13.4. The van der Waals surface area contributed by atoms with Gasteiger partial charge < -0.3 is 19.3 Å². The zero-order valence-corrected chi connectivity index (χ0v) is 9.94. The molecule has 15 heavy (non-hydrogen) atoms. The van der Waals surface area contributed by atoms with Crippen molar-refractivity contribution in [1.82, 2.24) is 4.90 Å². The van der Waals surface area contributed by atoms with Gasteiger partial charge in [-0.15, -0.1) is 0 Å². The van der Waals surface area contributed by atoms with Crippen molar-refractivity contribution in [3.05, 3.63) is 0 Å². The third-order valence-electron chi connectivity index (χ3n) is 2.05. The number of aliphatic hydroxyl groups is 1. The molecule has 1 N–H and O–H groups in total. The fraction of sp³-hybridized carbons (Fsp3) is 1.00. The third kappa shape index (κ3) is 8.77. The lowest BCUT2D eigenvalue weighted by Crippen LogP contribution is -2.38. The highest BCUT2D eigenvalue weighted by molar-refractivity contribution is 4.64. The van der Waals surface area contributed by atoms with Gasteiger partial charge in [0.2, 0.25) is 0 Å². The van der Waals surface area contributed by atoms with Crippen molar-refractivity contribution >= 4 is 0 Å². The van der Waals surface area contributed by atoms with Crippen molar-refractivity contribution in [3.63, 3.8) is 0 Å². The minimum Gasteiger partial charge on any atom is -0.389 e. The number of nitrogens with zero attached hydrogens (tertiary/aromatic N) is 1. The van der Waals surface area contributed by atoms with E-state index in [0.29, 0.717) is 26.4 Å². The van der Waals surface area contributed by atoms with Crippen LogP contribution in [0.2, 0.25) is 0 Å². The summed E-state index contributed by atoms with van der Waals surface area (Å²) in [5, 5.41) is 9.57. The van der Waals surface area contributed by atoms with Crippen LogP contribution < -0.4 is 0 Å². The molecule has 0 saturated heterocycles. The second kappa shape index (κ2) is 10.3. The van der Waals surface area contributed by atoms with Gasteiger partial charge in [0.15, 0.2) is 0 Å². The Hall–Kier alpha value is -0.200. The summed E-state index contributed by atoms with van der Waals surface area (Å²) in [6, 6.07) is 0. The molecule has 0 aromatic heterocycles. The van der Waals surface area contributed by atoms with Gasteiger partial charge in [-0.1, -0.05) is 0 Å². The lowest BCUT2D eigenvalue weighted by atomic mass is 10.3. The second-order valence-electron chi connectivity index (χ2n) is 3.40. The van der Waals surface area contributed by atoms with Gasteiger partial charge in [0, 0.05) is 41.0 Å². The van der Waals surface area contributed by atoms with Crippen molar-refractivity contribution in [1.29, 1.82) is 0 Å². The number of hydrogen-bond acceptors (Lipinski definition) is 5. The van der Waals surface area contributed by atoms with E-state index in [1.807, 2.05) is 0 Å². The second-order valence-corrected chi connectivity index (χ2v) is 3.40. The number of rotatable bonds is 10. The highest BCUT2D eigenvalue weighted by atomic mass is 16.5. The Morgan fingerprint density at radius 1 is 1.00 bits per heavy atom. The van der Waals surface area contributed by atoms with Crippen molar-refractivity contribution in [2.75, 3.05) is 60.8 Å². The molecule has 0 fully saturated rings. The van der Waals surface area contributed by atoms with E-state index < -0.39 is 6.10 Å². The molecule has 0 aliphatic rings. The molecule has 1 atom stereocenters. The first-order valence-corrected chi connectivity index (χ1v) is 5.11. The van der Waals surface area contributed by atoms with Gasteiger partial charge in [-0.05, 0) is 0 Å². The van der Waals surface area contributed by atoms with Crippen molar-refractivity contribution in [3.8, 4) is 0 Å². The lowest BCUT2D eigenvalue weighted by molar-refractivity contribution is 0.0247. The minimum atomic E-state index is -0.455. The Kier molecular flexibility index (Phi) is 10.2. The maximum Gasteiger partial charge on any atom is 0.0900 e. The maximum absolute atomic E-state index is 9.57. The number of ether oxygens (including phenoxy) is 3. The van der Waals surface area contributed by atoms with Crippen LogP contribution in [0.3, 0.4) is 0 Å². The predicted molar refractivity (Wildman–Crippen MR) is 58.1 cm³/mol. The standard InChI is InChI=1S/C10H23NO4/c1-13-6-4-11(5-7-14-2)8-10(12)9-15-3/h10,12H,4-9H2,1-3H3. The first-order chi connectivity index (χ1) is 7.24. The van der Waals surface area contributed by atoms with Crippen molar-refractivity contribution in [2.24, 2.45) is 0 Å². The summed E-state index contributed by atoms with van der Waals surface area (Å²) >= 11 is 0. The van der Waals surface area contributed by atoms with E-state index in [0.717, 1.165) is 13.1 Å². The van der Waals surface area contributed by atoms with E-state index in [2.05, 4.69) is 4.90 Å². The average Bonchev–Trinajstić information content (AvgIpc) is 2.22. The summed E-state index contributed by atoms with van der Waals surface area (Å²) in [5.41, 5.74) is 0. The Morgan fingerprint density at radius 2 is 1.53 bits per heavy atom. The van der Waals surface area contributed by atoms with E-state index in [1.54, 1.807) is 21.3 Å². The van der Waals surface area contributed by atoms with Crippen LogP contribution in [0.4, 0.5) is 0 Å². The molecular weight excluding hydrogens is 198 g/mol. The Morgan fingerprint density at radius 3 is 1.93 bits per heavy atom. The SMILES string of the molecule is COCCN(CCOC)CC(O)COC. The summed E-state index contributed by atoms with van der Waals surface area (Å²) in [6.07, 6.45) is -0.455. The molecule has 0 saturated carbocycles. The largest absolute Gasteiger partial charge is 0.389 e. The highest BCUT2D eigenvalue weighted by Gasteiger charge is 2.10. The van der Waals surface area contributed by atoms with Crippen LogP contribution in [-0.4, -0.2) is 76.9 Å². The maximum atomic E-state index is 9.57. The molecule has 0 aliphatic heterocycles. The van der Waals surface area contributed by atoms with E-state index in [4.69, 9.17) is 14.2 Å². The van der Waals surface area contributed by atoms with E-state index >= 15 is 0 Å². The summed E-state index contributed by atoms with van der Waals surface area (Å²) in [6.45, 7) is 3.84. The quantitative estimate of drug-likeness (QED) is 0.543. The van der Waals surface area contributed by atoms with Crippen LogP contribution in [0.25, 0.3) is 0 Å². The van der Waals surface area contributed by atoms with Crippen molar-refractivity contribution < 1.29 is 19.3 Å². The molecule has 0 bridgehead atoms. The molecule has 0 aromatic rings. The van der Waals surface area contributed by atoms with Crippen LogP contribution in [0.5, 0.6) is 0 Å². The molecule has 0 rings (SSSR count).